The molecule has 0 atom stereocenters. The molecule has 106 valence electrons. The Morgan fingerprint density at radius 1 is 0.909 bits per heavy atom. The van der Waals surface area contributed by atoms with Crippen LogP contribution in [0.1, 0.15) is 42.3 Å². The molecule has 0 radical (unpaired) electrons. The standard InChI is InChI=1S/C17H9NO4/c19-15-9-5-1-2-6-10(9)16(20)14-13(15)12(17(21)22)11-7-3-4-8-18(11)14/h1-8H,(H,21,22). The average molecular weight is 291 g/mol. The molecule has 22 heavy (non-hydrogen) atoms. The topological polar surface area (TPSA) is 75.8 Å². The third-order valence-electron chi connectivity index (χ3n) is 3.92. The molecule has 2 heterocycles. The van der Waals surface area contributed by atoms with Crippen LogP contribution in [-0.4, -0.2) is 27.0 Å². The SMILES string of the molecule is O=C1c2ccccc2C(=O)c2c1c(C(=O)O)c1ccccn21. The van der Waals surface area contributed by atoms with Gasteiger partial charge in [-0.1, -0.05) is 30.3 Å². The Hall–Kier alpha value is -3.21. The highest BCUT2D eigenvalue weighted by molar-refractivity contribution is 6.31. The Bertz CT molecular complexity index is 997. The Kier molecular flexibility index (Phi) is 2.36. The van der Waals surface area contributed by atoms with E-state index in [1.807, 2.05) is 0 Å². The van der Waals surface area contributed by atoms with Gasteiger partial charge in [-0.25, -0.2) is 4.79 Å². The predicted molar refractivity (Wildman–Crippen MR) is 77.7 cm³/mol. The molecule has 0 unspecified atom stereocenters. The number of carboxylic acid groups (broad SMARTS) is 1. The number of pyridine rings is 1. The summed E-state index contributed by atoms with van der Waals surface area (Å²) in [5, 5.41) is 9.50. The van der Waals surface area contributed by atoms with Crippen LogP contribution >= 0.6 is 0 Å². The third kappa shape index (κ3) is 1.39. The number of aromatic nitrogens is 1. The van der Waals surface area contributed by atoms with Crippen LogP contribution in [-0.2, 0) is 0 Å². The number of benzene rings is 1. The molecular weight excluding hydrogens is 282 g/mol. The van der Waals surface area contributed by atoms with Crippen molar-refractivity contribution >= 4 is 23.1 Å². The van der Waals surface area contributed by atoms with E-state index < -0.39 is 11.8 Å². The quantitative estimate of drug-likeness (QED) is 0.584. The van der Waals surface area contributed by atoms with Gasteiger partial charge in [-0.2, -0.15) is 0 Å². The first kappa shape index (κ1) is 12.5. The Labute approximate surface area is 124 Å². The molecule has 1 aromatic carbocycles. The minimum atomic E-state index is -1.22. The van der Waals surface area contributed by atoms with Gasteiger partial charge in [0, 0.05) is 17.3 Å². The largest absolute Gasteiger partial charge is 0.478 e. The molecule has 0 amide bonds. The maximum atomic E-state index is 12.7. The number of carbonyl (C=O) groups is 3. The van der Waals surface area contributed by atoms with Crippen molar-refractivity contribution in [2.75, 3.05) is 0 Å². The highest BCUT2D eigenvalue weighted by Gasteiger charge is 2.37. The molecule has 3 aromatic rings. The van der Waals surface area contributed by atoms with Crippen LogP contribution in [0.15, 0.2) is 48.7 Å². The van der Waals surface area contributed by atoms with Crippen molar-refractivity contribution in [3.8, 4) is 0 Å². The first-order valence-corrected chi connectivity index (χ1v) is 6.66. The highest BCUT2D eigenvalue weighted by atomic mass is 16.4. The minimum absolute atomic E-state index is 0.0256. The minimum Gasteiger partial charge on any atom is -0.478 e. The van der Waals surface area contributed by atoms with Gasteiger partial charge in [0.2, 0.25) is 5.78 Å². The Morgan fingerprint density at radius 2 is 1.55 bits per heavy atom. The molecular formula is C17H9NO4. The summed E-state index contributed by atoms with van der Waals surface area (Å²) in [6.45, 7) is 0. The summed E-state index contributed by atoms with van der Waals surface area (Å²) in [6.07, 6.45) is 1.60. The molecule has 0 aliphatic heterocycles. The van der Waals surface area contributed by atoms with Crippen LogP contribution in [0.2, 0.25) is 0 Å². The van der Waals surface area contributed by atoms with E-state index in [2.05, 4.69) is 0 Å². The summed E-state index contributed by atoms with van der Waals surface area (Å²) >= 11 is 0. The van der Waals surface area contributed by atoms with Gasteiger partial charge in [-0.3, -0.25) is 9.59 Å². The van der Waals surface area contributed by atoms with Crippen LogP contribution < -0.4 is 0 Å². The van der Waals surface area contributed by atoms with Crippen LogP contribution in [0.3, 0.4) is 0 Å². The fourth-order valence-corrected chi connectivity index (χ4v) is 3.01. The molecule has 1 N–H and O–H groups in total. The second-order valence-electron chi connectivity index (χ2n) is 5.06. The fraction of sp³-hybridized carbons (Fsp3) is 0. The second-order valence-corrected chi connectivity index (χ2v) is 5.06. The summed E-state index contributed by atoms with van der Waals surface area (Å²) in [5.41, 5.74) is 0.871. The summed E-state index contributed by atoms with van der Waals surface area (Å²) in [5.74, 6) is -1.98. The van der Waals surface area contributed by atoms with Crippen LogP contribution in [0.25, 0.3) is 5.52 Å². The van der Waals surface area contributed by atoms with Gasteiger partial charge in [0.25, 0.3) is 0 Å². The van der Waals surface area contributed by atoms with Crippen molar-refractivity contribution < 1.29 is 19.5 Å². The third-order valence-corrected chi connectivity index (χ3v) is 3.92. The van der Waals surface area contributed by atoms with E-state index in [4.69, 9.17) is 0 Å². The zero-order valence-electron chi connectivity index (χ0n) is 11.2. The van der Waals surface area contributed by atoms with Crippen molar-refractivity contribution in [1.82, 2.24) is 4.40 Å². The highest BCUT2D eigenvalue weighted by Crippen LogP contribution is 2.33. The van der Waals surface area contributed by atoms with Gasteiger partial charge in [0.15, 0.2) is 5.78 Å². The van der Waals surface area contributed by atoms with Crippen molar-refractivity contribution in [2.24, 2.45) is 0 Å². The van der Waals surface area contributed by atoms with E-state index >= 15 is 0 Å². The molecule has 0 fully saturated rings. The van der Waals surface area contributed by atoms with Crippen molar-refractivity contribution in [2.45, 2.75) is 0 Å². The predicted octanol–water partition coefficient (Wildman–Crippen LogP) is 2.41. The maximum Gasteiger partial charge on any atom is 0.338 e. The van der Waals surface area contributed by atoms with Gasteiger partial charge in [0.05, 0.1) is 16.6 Å². The van der Waals surface area contributed by atoms with Crippen LogP contribution in [0.5, 0.6) is 0 Å². The van der Waals surface area contributed by atoms with E-state index in [9.17, 15) is 19.5 Å². The molecule has 5 heteroatoms. The zero-order chi connectivity index (χ0) is 15.4. The number of fused-ring (bicyclic) bond motifs is 4. The second kappa shape index (κ2) is 4.14. The lowest BCUT2D eigenvalue weighted by atomic mass is 9.86. The van der Waals surface area contributed by atoms with E-state index in [1.54, 1.807) is 48.7 Å². The number of hydrogen-bond acceptors (Lipinski definition) is 3. The average Bonchev–Trinajstić information content (AvgIpc) is 2.88. The lowest BCUT2D eigenvalue weighted by molar-refractivity contribution is 0.0695. The first-order chi connectivity index (χ1) is 10.6. The van der Waals surface area contributed by atoms with Crippen molar-refractivity contribution in [3.63, 3.8) is 0 Å². The molecule has 0 bridgehead atoms. The van der Waals surface area contributed by atoms with Gasteiger partial charge < -0.3 is 9.51 Å². The number of carbonyl (C=O) groups excluding carboxylic acids is 2. The van der Waals surface area contributed by atoms with Gasteiger partial charge >= 0.3 is 5.97 Å². The molecule has 2 aromatic heterocycles. The lowest BCUT2D eigenvalue weighted by Gasteiger charge is -2.15. The monoisotopic (exact) mass is 291 g/mol. The normalized spacial score (nSPS) is 13.1. The van der Waals surface area contributed by atoms with Gasteiger partial charge in [-0.15, -0.1) is 0 Å². The first-order valence-electron chi connectivity index (χ1n) is 6.66. The van der Waals surface area contributed by atoms with E-state index in [1.165, 1.54) is 4.40 Å². The molecule has 4 rings (SSSR count). The summed E-state index contributed by atoms with van der Waals surface area (Å²) in [7, 11) is 0. The molecule has 1 aliphatic rings. The number of ketones is 2. The molecule has 0 saturated heterocycles. The van der Waals surface area contributed by atoms with E-state index in [-0.39, 0.29) is 28.2 Å². The molecule has 0 spiro atoms. The molecule has 0 saturated carbocycles. The smallest absolute Gasteiger partial charge is 0.338 e. The number of carboxylic acids is 1. The summed E-state index contributed by atoms with van der Waals surface area (Å²) < 4.78 is 1.48. The van der Waals surface area contributed by atoms with E-state index in [0.29, 0.717) is 11.1 Å². The summed E-state index contributed by atoms with van der Waals surface area (Å²) in [4.78, 5) is 37.1. The lowest BCUT2D eigenvalue weighted by Crippen LogP contribution is -2.22. The Morgan fingerprint density at radius 3 is 2.23 bits per heavy atom. The van der Waals surface area contributed by atoms with Crippen molar-refractivity contribution in [1.29, 1.82) is 0 Å². The van der Waals surface area contributed by atoms with Gasteiger partial charge in [-0.05, 0) is 12.1 Å². The molecule has 5 nitrogen and oxygen atoms in total. The van der Waals surface area contributed by atoms with Crippen LogP contribution in [0, 0.1) is 0 Å². The number of aromatic carboxylic acids is 1. The Balaban J connectivity index is 2.20. The van der Waals surface area contributed by atoms with Crippen LogP contribution in [0.4, 0.5) is 0 Å². The number of nitrogens with zero attached hydrogens (tertiary/aromatic N) is 1. The van der Waals surface area contributed by atoms with Crippen molar-refractivity contribution in [3.05, 3.63) is 76.6 Å². The van der Waals surface area contributed by atoms with Gasteiger partial charge in [0.1, 0.15) is 5.69 Å². The molecule has 1 aliphatic carbocycles. The number of hydrogen-bond donors (Lipinski definition) is 1. The maximum absolute atomic E-state index is 12.7. The summed E-state index contributed by atoms with van der Waals surface area (Å²) in [6, 6.07) is 11.4. The van der Waals surface area contributed by atoms with E-state index in [0.717, 1.165) is 0 Å². The zero-order valence-corrected chi connectivity index (χ0v) is 11.2. The fourth-order valence-electron chi connectivity index (χ4n) is 3.01. The number of rotatable bonds is 1.